The van der Waals surface area contributed by atoms with Crippen molar-refractivity contribution in [2.24, 2.45) is 0 Å². The minimum Gasteiger partial charge on any atom is -0.450 e. The Morgan fingerprint density at radius 2 is 2.46 bits per heavy atom. The van der Waals surface area contributed by atoms with E-state index in [1.54, 1.807) is 4.90 Å². The first kappa shape index (κ1) is 10.1. The molecule has 1 heterocycles. The lowest BCUT2D eigenvalue weighted by molar-refractivity contribution is 0.0870. The molecule has 1 rings (SSSR count). The number of amides is 1. The first-order valence-electron chi connectivity index (χ1n) is 4.85. The van der Waals surface area contributed by atoms with Gasteiger partial charge in [0.2, 0.25) is 0 Å². The highest BCUT2D eigenvalue weighted by molar-refractivity contribution is 5.68. The number of likely N-dealkylation sites (tertiary alicyclic amines) is 1. The second kappa shape index (κ2) is 4.90. The Morgan fingerprint density at radius 1 is 1.69 bits per heavy atom. The van der Waals surface area contributed by atoms with Crippen LogP contribution in [-0.4, -0.2) is 30.2 Å². The molecule has 0 aromatic heterocycles. The van der Waals surface area contributed by atoms with E-state index in [9.17, 15) is 4.79 Å². The normalized spacial score (nSPS) is 22.5. The maximum Gasteiger partial charge on any atom is 0.410 e. The van der Waals surface area contributed by atoms with Gasteiger partial charge in [0.05, 0.1) is 12.6 Å². The minimum absolute atomic E-state index is 0.174. The van der Waals surface area contributed by atoms with Gasteiger partial charge in [-0.3, -0.25) is 0 Å². The van der Waals surface area contributed by atoms with Crippen LogP contribution in [0.5, 0.6) is 0 Å². The Bertz CT molecular complexity index is 191. The van der Waals surface area contributed by atoms with Crippen LogP contribution in [0.2, 0.25) is 0 Å². The number of nitrogens with zero attached hydrogens (tertiary/aromatic N) is 1. The molecule has 1 saturated heterocycles. The molecule has 1 fully saturated rings. The lowest BCUT2D eigenvalue weighted by Gasteiger charge is -2.32. The summed E-state index contributed by atoms with van der Waals surface area (Å²) in [5, 5.41) is 0. The number of carbonyl (C=O) groups is 1. The Kier molecular flexibility index (Phi) is 3.80. The topological polar surface area (TPSA) is 29.5 Å². The van der Waals surface area contributed by atoms with Gasteiger partial charge < -0.3 is 9.64 Å². The second-order valence-electron chi connectivity index (χ2n) is 3.19. The molecule has 0 bridgehead atoms. The smallest absolute Gasteiger partial charge is 0.410 e. The van der Waals surface area contributed by atoms with Crippen molar-refractivity contribution in [3.05, 3.63) is 12.7 Å². The molecule has 1 aliphatic rings. The standard InChI is InChI=1S/C10H17NO2/c1-3-9-7-5-6-8-11(9)10(12)13-4-2/h3,9H,1,4-8H2,2H3. The highest BCUT2D eigenvalue weighted by atomic mass is 16.6. The zero-order chi connectivity index (χ0) is 9.68. The van der Waals surface area contributed by atoms with E-state index in [-0.39, 0.29) is 12.1 Å². The van der Waals surface area contributed by atoms with Crippen molar-refractivity contribution in [1.82, 2.24) is 4.90 Å². The van der Waals surface area contributed by atoms with Crippen molar-refractivity contribution in [2.75, 3.05) is 13.2 Å². The molecule has 0 aliphatic carbocycles. The van der Waals surface area contributed by atoms with Crippen molar-refractivity contribution in [3.63, 3.8) is 0 Å². The molecule has 0 radical (unpaired) electrons. The summed E-state index contributed by atoms with van der Waals surface area (Å²) in [6.07, 6.45) is 4.89. The van der Waals surface area contributed by atoms with Gasteiger partial charge in [0.1, 0.15) is 0 Å². The number of ether oxygens (including phenoxy) is 1. The van der Waals surface area contributed by atoms with E-state index in [1.165, 1.54) is 6.42 Å². The molecule has 0 spiro atoms. The van der Waals surface area contributed by atoms with Crippen molar-refractivity contribution in [2.45, 2.75) is 32.2 Å². The van der Waals surface area contributed by atoms with Gasteiger partial charge in [0, 0.05) is 6.54 Å². The largest absolute Gasteiger partial charge is 0.450 e. The molecular formula is C10H17NO2. The van der Waals surface area contributed by atoms with Gasteiger partial charge in [-0.25, -0.2) is 4.79 Å². The van der Waals surface area contributed by atoms with Crippen LogP contribution in [-0.2, 0) is 4.74 Å². The molecule has 0 aromatic carbocycles. The van der Waals surface area contributed by atoms with Crippen molar-refractivity contribution < 1.29 is 9.53 Å². The molecule has 3 heteroatoms. The zero-order valence-electron chi connectivity index (χ0n) is 8.16. The van der Waals surface area contributed by atoms with Gasteiger partial charge in [-0.2, -0.15) is 0 Å². The number of hydrogen-bond acceptors (Lipinski definition) is 2. The number of hydrogen-bond donors (Lipinski definition) is 0. The molecular weight excluding hydrogens is 166 g/mol. The van der Waals surface area contributed by atoms with Gasteiger partial charge in [0.15, 0.2) is 0 Å². The summed E-state index contributed by atoms with van der Waals surface area (Å²) in [6, 6.07) is 0.174. The molecule has 1 atom stereocenters. The highest BCUT2D eigenvalue weighted by Gasteiger charge is 2.24. The van der Waals surface area contributed by atoms with E-state index >= 15 is 0 Å². The quantitative estimate of drug-likeness (QED) is 0.614. The van der Waals surface area contributed by atoms with Crippen LogP contribution in [0.25, 0.3) is 0 Å². The van der Waals surface area contributed by atoms with Gasteiger partial charge in [-0.15, -0.1) is 6.58 Å². The molecule has 74 valence electrons. The van der Waals surface area contributed by atoms with Gasteiger partial charge in [-0.05, 0) is 26.2 Å². The maximum absolute atomic E-state index is 11.4. The fourth-order valence-corrected chi connectivity index (χ4v) is 1.64. The third-order valence-electron chi connectivity index (χ3n) is 2.32. The van der Waals surface area contributed by atoms with Gasteiger partial charge >= 0.3 is 6.09 Å². The zero-order valence-corrected chi connectivity index (χ0v) is 8.16. The van der Waals surface area contributed by atoms with Crippen molar-refractivity contribution >= 4 is 6.09 Å². The van der Waals surface area contributed by atoms with Crippen LogP contribution < -0.4 is 0 Å². The third-order valence-corrected chi connectivity index (χ3v) is 2.32. The summed E-state index contributed by atoms with van der Waals surface area (Å²) < 4.78 is 4.95. The summed E-state index contributed by atoms with van der Waals surface area (Å²) in [4.78, 5) is 13.2. The van der Waals surface area contributed by atoms with E-state index in [0.29, 0.717) is 6.61 Å². The van der Waals surface area contributed by atoms with E-state index in [4.69, 9.17) is 4.74 Å². The Labute approximate surface area is 79.4 Å². The van der Waals surface area contributed by atoms with Gasteiger partial charge in [-0.1, -0.05) is 6.08 Å². The van der Waals surface area contributed by atoms with E-state index in [0.717, 1.165) is 19.4 Å². The molecule has 1 unspecified atom stereocenters. The molecule has 3 nitrogen and oxygen atoms in total. The van der Waals surface area contributed by atoms with Crippen LogP contribution in [0.4, 0.5) is 4.79 Å². The average Bonchev–Trinajstić information content (AvgIpc) is 2.18. The van der Waals surface area contributed by atoms with Crippen LogP contribution in [0.15, 0.2) is 12.7 Å². The van der Waals surface area contributed by atoms with Crippen LogP contribution in [0.1, 0.15) is 26.2 Å². The third kappa shape index (κ3) is 2.47. The summed E-state index contributed by atoms with van der Waals surface area (Å²) in [6.45, 7) is 6.80. The number of carbonyl (C=O) groups excluding carboxylic acids is 1. The first-order valence-corrected chi connectivity index (χ1v) is 4.85. The Balaban J connectivity index is 2.53. The van der Waals surface area contributed by atoms with E-state index in [2.05, 4.69) is 6.58 Å². The predicted molar refractivity (Wildman–Crippen MR) is 51.6 cm³/mol. The Hall–Kier alpha value is -0.990. The molecule has 1 aliphatic heterocycles. The molecule has 0 N–H and O–H groups in total. The summed E-state index contributed by atoms with van der Waals surface area (Å²) in [5.74, 6) is 0. The lowest BCUT2D eigenvalue weighted by atomic mass is 10.0. The highest BCUT2D eigenvalue weighted by Crippen LogP contribution is 2.18. The van der Waals surface area contributed by atoms with Crippen LogP contribution in [0, 0.1) is 0 Å². The number of rotatable bonds is 2. The number of piperidine rings is 1. The molecule has 1 amide bonds. The average molecular weight is 183 g/mol. The minimum atomic E-state index is -0.202. The monoisotopic (exact) mass is 183 g/mol. The summed E-state index contributed by atoms with van der Waals surface area (Å²) in [5.41, 5.74) is 0. The second-order valence-corrected chi connectivity index (χ2v) is 3.19. The lowest BCUT2D eigenvalue weighted by Crippen LogP contribution is -2.42. The fraction of sp³-hybridized carbons (Fsp3) is 0.700. The van der Waals surface area contributed by atoms with E-state index < -0.39 is 0 Å². The summed E-state index contributed by atoms with van der Waals surface area (Å²) >= 11 is 0. The van der Waals surface area contributed by atoms with Crippen LogP contribution in [0.3, 0.4) is 0 Å². The Morgan fingerprint density at radius 3 is 3.08 bits per heavy atom. The van der Waals surface area contributed by atoms with Gasteiger partial charge in [0.25, 0.3) is 0 Å². The van der Waals surface area contributed by atoms with Crippen molar-refractivity contribution in [1.29, 1.82) is 0 Å². The van der Waals surface area contributed by atoms with Crippen LogP contribution >= 0.6 is 0 Å². The molecule has 0 aromatic rings. The first-order chi connectivity index (χ1) is 6.29. The molecule has 0 saturated carbocycles. The summed E-state index contributed by atoms with van der Waals surface area (Å²) in [7, 11) is 0. The SMILES string of the molecule is C=CC1CCCCN1C(=O)OCC. The predicted octanol–water partition coefficient (Wildman–Crippen LogP) is 2.18. The van der Waals surface area contributed by atoms with Crippen molar-refractivity contribution in [3.8, 4) is 0 Å². The van der Waals surface area contributed by atoms with E-state index in [1.807, 2.05) is 13.0 Å². The maximum atomic E-state index is 11.4. The fourth-order valence-electron chi connectivity index (χ4n) is 1.64. The molecule has 13 heavy (non-hydrogen) atoms.